The van der Waals surface area contributed by atoms with Crippen LogP contribution in [-0.4, -0.2) is 113 Å². The molecule has 3 aliphatic heterocycles. The quantitative estimate of drug-likeness (QED) is 0.656. The van der Waals surface area contributed by atoms with Crippen LogP contribution in [0.15, 0.2) is 0 Å². The molecule has 3 saturated heterocycles. The van der Waals surface area contributed by atoms with E-state index in [1.54, 1.807) is 35.5 Å². The molecule has 11 nitrogen and oxygen atoms in total. The van der Waals surface area contributed by atoms with Crippen LogP contribution in [0.5, 0.6) is 0 Å². The van der Waals surface area contributed by atoms with Gasteiger partial charge in [0.25, 0.3) is 0 Å². The molecule has 3 amide bonds. The Morgan fingerprint density at radius 3 is 2.24 bits per heavy atom. The molecule has 0 spiro atoms. The number of carbonyl (C=O) groups excluding carboxylic acids is 2. The molecule has 3 heterocycles. The van der Waals surface area contributed by atoms with Crippen LogP contribution >= 0.6 is 0 Å². The van der Waals surface area contributed by atoms with Crippen LogP contribution in [0.4, 0.5) is 9.59 Å². The first-order valence-corrected chi connectivity index (χ1v) is 11.4. The van der Waals surface area contributed by atoms with Crippen LogP contribution in [0.3, 0.4) is 0 Å². The first-order valence-electron chi connectivity index (χ1n) is 9.52. The molecule has 0 aromatic rings. The summed E-state index contributed by atoms with van der Waals surface area (Å²) < 4.78 is 30.3. The molecule has 0 radical (unpaired) electrons. The minimum Gasteiger partial charge on any atom is -0.480 e. The number of nitrogens with zero attached hydrogens (tertiary/aromatic N) is 4. The Morgan fingerprint density at radius 2 is 1.72 bits per heavy atom. The van der Waals surface area contributed by atoms with Crippen LogP contribution in [0.2, 0.25) is 0 Å². The summed E-state index contributed by atoms with van der Waals surface area (Å²) in [6.07, 6.45) is 0.585. The summed E-state index contributed by atoms with van der Waals surface area (Å²) in [7, 11) is -3.71. The third kappa shape index (κ3) is 4.42. The van der Waals surface area contributed by atoms with E-state index < -0.39 is 39.8 Å². The highest BCUT2D eigenvalue weighted by Gasteiger charge is 2.50. The summed E-state index contributed by atoms with van der Waals surface area (Å²) in [6.45, 7) is 6.65. The van der Waals surface area contributed by atoms with Crippen LogP contribution in [0.25, 0.3) is 0 Å². The molecule has 12 heteroatoms. The summed E-state index contributed by atoms with van der Waals surface area (Å²) in [6, 6.07) is -2.18. The molecule has 0 aliphatic carbocycles. The van der Waals surface area contributed by atoms with Gasteiger partial charge in [-0.3, -0.25) is 4.79 Å². The molecule has 0 aromatic carbocycles. The lowest BCUT2D eigenvalue weighted by Crippen LogP contribution is -2.54. The van der Waals surface area contributed by atoms with Crippen molar-refractivity contribution in [3.63, 3.8) is 0 Å². The number of urea groups is 1. The van der Waals surface area contributed by atoms with Gasteiger partial charge in [0, 0.05) is 38.8 Å². The van der Waals surface area contributed by atoms with Crippen LogP contribution < -0.4 is 0 Å². The fourth-order valence-corrected chi connectivity index (χ4v) is 5.21. The molecule has 1 N–H and O–H groups in total. The third-order valence-electron chi connectivity index (χ3n) is 5.42. The van der Waals surface area contributed by atoms with E-state index in [1.807, 2.05) is 0 Å². The van der Waals surface area contributed by atoms with E-state index in [0.717, 1.165) is 10.6 Å². The molecule has 1 unspecified atom stereocenters. The third-order valence-corrected chi connectivity index (χ3v) is 6.67. The number of carbonyl (C=O) groups is 3. The van der Waals surface area contributed by atoms with Crippen molar-refractivity contribution >= 4 is 28.1 Å². The van der Waals surface area contributed by atoms with Gasteiger partial charge in [-0.25, -0.2) is 18.0 Å². The van der Waals surface area contributed by atoms with E-state index in [0.29, 0.717) is 26.2 Å². The number of rotatable bonds is 3. The number of sulfonamides is 1. The predicted octanol–water partition coefficient (Wildman–Crippen LogP) is -0.170. The van der Waals surface area contributed by atoms with E-state index in [-0.39, 0.29) is 25.0 Å². The van der Waals surface area contributed by atoms with E-state index in [1.165, 1.54) is 0 Å². The maximum absolute atomic E-state index is 12.9. The summed E-state index contributed by atoms with van der Waals surface area (Å²) in [5.74, 6) is -1.22. The molecule has 0 bridgehead atoms. The monoisotopic (exact) mass is 432 g/mol. The van der Waals surface area contributed by atoms with E-state index in [9.17, 15) is 27.9 Å². The molecule has 3 rings (SSSR count). The maximum Gasteiger partial charge on any atom is 0.410 e. The summed E-state index contributed by atoms with van der Waals surface area (Å²) >= 11 is 0. The molecule has 3 aliphatic rings. The van der Waals surface area contributed by atoms with Gasteiger partial charge in [-0.15, -0.1) is 0 Å². The fraction of sp³-hybridized carbons (Fsp3) is 0.824. The topological polar surface area (TPSA) is 128 Å². The largest absolute Gasteiger partial charge is 0.480 e. The van der Waals surface area contributed by atoms with Crippen molar-refractivity contribution in [1.82, 2.24) is 19.0 Å². The van der Waals surface area contributed by atoms with Crippen molar-refractivity contribution in [2.45, 2.75) is 50.9 Å². The van der Waals surface area contributed by atoms with Crippen molar-refractivity contribution in [1.29, 1.82) is 0 Å². The van der Waals surface area contributed by atoms with Gasteiger partial charge in [0.2, 0.25) is 10.0 Å². The van der Waals surface area contributed by atoms with Gasteiger partial charge in [0.1, 0.15) is 11.6 Å². The first-order chi connectivity index (χ1) is 13.3. The Morgan fingerprint density at radius 1 is 1.07 bits per heavy atom. The van der Waals surface area contributed by atoms with Crippen molar-refractivity contribution in [3.8, 4) is 0 Å². The standard InChI is InChI=1S/C17H28N4O7S/c1-17(2,3)28-16(25)18-5-6-19-12(8-18)9-20(15(19)24)11-7-13(14(22)23)21(10-11)29(4,26)27/h11-13H,5-10H2,1-4H3,(H,22,23)/t11-,12?,13+/m0/s1. The minimum absolute atomic E-state index is 0.0438. The lowest BCUT2D eigenvalue weighted by atomic mass is 10.1. The number of carboxylic acid groups (broad SMARTS) is 1. The van der Waals surface area contributed by atoms with Crippen molar-refractivity contribution in [3.05, 3.63) is 0 Å². The summed E-state index contributed by atoms with van der Waals surface area (Å²) in [5.41, 5.74) is -0.615. The average Bonchev–Trinajstić information content (AvgIpc) is 3.15. The predicted molar refractivity (Wildman–Crippen MR) is 102 cm³/mol. The second-order valence-electron chi connectivity index (χ2n) is 8.78. The number of hydrogen-bond acceptors (Lipinski definition) is 6. The number of amides is 3. The van der Waals surface area contributed by atoms with E-state index in [2.05, 4.69) is 0 Å². The number of piperazine rings is 1. The fourth-order valence-electron chi connectivity index (χ4n) is 4.13. The smallest absolute Gasteiger partial charge is 0.410 e. The molecule has 3 fully saturated rings. The number of hydrogen-bond donors (Lipinski definition) is 1. The zero-order valence-electron chi connectivity index (χ0n) is 17.1. The number of carboxylic acids is 1. The van der Waals surface area contributed by atoms with Gasteiger partial charge in [-0.2, -0.15) is 4.31 Å². The molecular formula is C17H28N4O7S. The van der Waals surface area contributed by atoms with Gasteiger partial charge in [-0.1, -0.05) is 0 Å². The lowest BCUT2D eigenvalue weighted by Gasteiger charge is -2.37. The second kappa shape index (κ2) is 7.31. The average molecular weight is 432 g/mol. The molecule has 0 saturated carbocycles. The van der Waals surface area contributed by atoms with Gasteiger partial charge in [0.05, 0.1) is 12.3 Å². The summed E-state index contributed by atoms with van der Waals surface area (Å²) in [5, 5.41) is 9.39. The van der Waals surface area contributed by atoms with Crippen LogP contribution in [0, 0.1) is 0 Å². The highest BCUT2D eigenvalue weighted by Crippen LogP contribution is 2.30. The van der Waals surface area contributed by atoms with Gasteiger partial charge in [-0.05, 0) is 27.2 Å². The maximum atomic E-state index is 12.9. The Hall–Kier alpha value is -2.08. The zero-order valence-corrected chi connectivity index (χ0v) is 17.9. The van der Waals surface area contributed by atoms with E-state index >= 15 is 0 Å². The number of fused-ring (bicyclic) bond motifs is 1. The molecular weight excluding hydrogens is 404 g/mol. The van der Waals surface area contributed by atoms with Crippen molar-refractivity contribution in [2.75, 3.05) is 39.0 Å². The highest BCUT2D eigenvalue weighted by atomic mass is 32.2. The van der Waals surface area contributed by atoms with Crippen molar-refractivity contribution < 1.29 is 32.6 Å². The Kier molecular flexibility index (Phi) is 5.45. The normalized spacial score (nSPS) is 28.6. The zero-order chi connectivity index (χ0) is 21.7. The van der Waals surface area contributed by atoms with Crippen LogP contribution in [0.1, 0.15) is 27.2 Å². The Labute approximate surface area is 170 Å². The van der Waals surface area contributed by atoms with Gasteiger partial charge in [0.15, 0.2) is 0 Å². The Balaban J connectivity index is 1.70. The number of ether oxygens (including phenoxy) is 1. The lowest BCUT2D eigenvalue weighted by molar-refractivity contribution is -0.140. The van der Waals surface area contributed by atoms with Gasteiger partial charge < -0.3 is 24.5 Å². The first kappa shape index (κ1) is 21.6. The Bertz CT molecular complexity index is 809. The molecule has 3 atom stereocenters. The summed E-state index contributed by atoms with van der Waals surface area (Å²) in [4.78, 5) is 41.5. The number of aliphatic carboxylic acids is 1. The highest BCUT2D eigenvalue weighted by molar-refractivity contribution is 7.88. The molecule has 0 aromatic heterocycles. The van der Waals surface area contributed by atoms with Crippen molar-refractivity contribution in [2.24, 2.45) is 0 Å². The van der Waals surface area contributed by atoms with Crippen LogP contribution in [-0.2, 0) is 19.6 Å². The SMILES string of the molecule is CC(C)(C)OC(=O)N1CCN2C(=O)N([C@H]3C[C@H](C(=O)O)N(S(C)(=O)=O)C3)CC2C1. The van der Waals surface area contributed by atoms with E-state index in [4.69, 9.17) is 4.74 Å². The minimum atomic E-state index is -3.71. The molecule has 29 heavy (non-hydrogen) atoms. The van der Waals surface area contributed by atoms with Gasteiger partial charge >= 0.3 is 18.1 Å². The molecule has 164 valence electrons. The second-order valence-corrected chi connectivity index (χ2v) is 10.7.